The molecule has 0 aliphatic rings. The second-order valence-corrected chi connectivity index (χ2v) is 7.88. The molecule has 0 unspecified atom stereocenters. The van der Waals surface area contributed by atoms with Crippen LogP contribution in [0, 0.1) is 6.92 Å². The van der Waals surface area contributed by atoms with Crippen LogP contribution in [0.5, 0.6) is 0 Å². The molecule has 6 heteroatoms. The molecule has 30 heavy (non-hydrogen) atoms. The highest BCUT2D eigenvalue weighted by Crippen LogP contribution is 2.14. The van der Waals surface area contributed by atoms with Crippen molar-refractivity contribution in [2.75, 3.05) is 51.0 Å². The topological polar surface area (TPSA) is 55.9 Å². The van der Waals surface area contributed by atoms with E-state index in [9.17, 15) is 9.59 Å². The molecule has 0 aliphatic heterocycles. The molecule has 0 aliphatic carbocycles. The Hall–Kier alpha value is -2.86. The Bertz CT molecular complexity index is 833. The summed E-state index contributed by atoms with van der Waals surface area (Å²) in [6, 6.07) is 15.9. The molecular weight excluding hydrogens is 376 g/mol. The van der Waals surface area contributed by atoms with E-state index in [1.54, 1.807) is 11.9 Å². The maximum atomic E-state index is 12.7. The van der Waals surface area contributed by atoms with E-state index in [0.29, 0.717) is 13.1 Å². The molecule has 0 aromatic heterocycles. The molecule has 0 spiro atoms. The summed E-state index contributed by atoms with van der Waals surface area (Å²) < 4.78 is 0. The zero-order chi connectivity index (χ0) is 22.1. The van der Waals surface area contributed by atoms with Crippen molar-refractivity contribution in [2.45, 2.75) is 26.8 Å². The molecular formula is C24H34N4O2. The van der Waals surface area contributed by atoms with Gasteiger partial charge in [0.05, 0.1) is 13.1 Å². The Balaban J connectivity index is 1.91. The number of benzene rings is 2. The van der Waals surface area contributed by atoms with Crippen LogP contribution in [0.1, 0.15) is 24.5 Å². The number of carbonyl (C=O) groups excluding carboxylic acids is 2. The van der Waals surface area contributed by atoms with Crippen LogP contribution in [0.15, 0.2) is 48.5 Å². The van der Waals surface area contributed by atoms with E-state index in [1.807, 2.05) is 86.3 Å². The first-order chi connectivity index (χ1) is 14.3. The summed E-state index contributed by atoms with van der Waals surface area (Å²) >= 11 is 0. The van der Waals surface area contributed by atoms with Gasteiger partial charge in [-0.15, -0.1) is 0 Å². The van der Waals surface area contributed by atoms with Crippen molar-refractivity contribution in [3.63, 3.8) is 0 Å². The van der Waals surface area contributed by atoms with Gasteiger partial charge in [0.2, 0.25) is 11.8 Å². The Morgan fingerprint density at radius 1 is 0.933 bits per heavy atom. The van der Waals surface area contributed by atoms with Crippen LogP contribution in [0.25, 0.3) is 0 Å². The first-order valence-electron chi connectivity index (χ1n) is 10.4. The molecule has 162 valence electrons. The van der Waals surface area contributed by atoms with Gasteiger partial charge in [0.15, 0.2) is 0 Å². The Morgan fingerprint density at radius 2 is 1.60 bits per heavy atom. The molecule has 0 atom stereocenters. The van der Waals surface area contributed by atoms with E-state index in [1.165, 1.54) is 0 Å². The third-order valence-electron chi connectivity index (χ3n) is 4.98. The molecule has 6 nitrogen and oxygen atoms in total. The lowest BCUT2D eigenvalue weighted by molar-refractivity contribution is -0.132. The quantitative estimate of drug-likeness (QED) is 0.653. The lowest BCUT2D eigenvalue weighted by Crippen LogP contribution is -2.42. The van der Waals surface area contributed by atoms with E-state index in [2.05, 4.69) is 5.32 Å². The van der Waals surface area contributed by atoms with Gasteiger partial charge in [-0.1, -0.05) is 37.3 Å². The van der Waals surface area contributed by atoms with Crippen LogP contribution in [-0.4, -0.2) is 62.4 Å². The number of carbonyl (C=O) groups is 2. The normalized spacial score (nSPS) is 10.7. The lowest BCUT2D eigenvalue weighted by Gasteiger charge is -2.25. The summed E-state index contributed by atoms with van der Waals surface area (Å²) in [6.45, 7) is 5.66. The lowest BCUT2D eigenvalue weighted by atomic mass is 10.2. The summed E-state index contributed by atoms with van der Waals surface area (Å²) in [4.78, 5) is 30.9. The van der Waals surface area contributed by atoms with Crippen molar-refractivity contribution in [3.05, 3.63) is 59.7 Å². The first kappa shape index (κ1) is 23.4. The molecule has 2 aromatic rings. The largest absolute Gasteiger partial charge is 0.378 e. The number of rotatable bonds is 10. The molecule has 0 fully saturated rings. The second kappa shape index (κ2) is 11.4. The summed E-state index contributed by atoms with van der Waals surface area (Å²) in [5.41, 5.74) is 4.03. The number of aryl methyl sites for hydroxylation is 1. The highest BCUT2D eigenvalue weighted by Gasteiger charge is 2.17. The molecule has 0 radical (unpaired) electrons. The number of anilines is 2. The molecule has 2 aromatic carbocycles. The standard InChI is InChI=1S/C24H34N4O2/c1-6-15-28(17-23(29)25-22-10-8-7-9-19(22)2)18-24(30)27(5)16-20-11-13-21(14-12-20)26(3)4/h7-14H,6,15-18H2,1-5H3,(H,25,29). The van der Waals surface area contributed by atoms with Gasteiger partial charge in [-0.25, -0.2) is 0 Å². The van der Waals surface area contributed by atoms with E-state index < -0.39 is 0 Å². The van der Waals surface area contributed by atoms with Crippen molar-refractivity contribution in [1.29, 1.82) is 0 Å². The van der Waals surface area contributed by atoms with Gasteiger partial charge in [-0.2, -0.15) is 0 Å². The van der Waals surface area contributed by atoms with Gasteiger partial charge in [-0.3, -0.25) is 14.5 Å². The van der Waals surface area contributed by atoms with Gasteiger partial charge >= 0.3 is 0 Å². The molecule has 0 bridgehead atoms. The number of nitrogens with one attached hydrogen (secondary N) is 1. The molecule has 0 heterocycles. The maximum Gasteiger partial charge on any atom is 0.238 e. The van der Waals surface area contributed by atoms with Gasteiger partial charge in [-0.05, 0) is 49.2 Å². The smallest absolute Gasteiger partial charge is 0.238 e. The molecule has 0 saturated heterocycles. The second-order valence-electron chi connectivity index (χ2n) is 7.88. The number of amides is 2. The molecule has 2 amide bonds. The van der Waals surface area contributed by atoms with Crippen LogP contribution in [0.4, 0.5) is 11.4 Å². The third-order valence-corrected chi connectivity index (χ3v) is 4.98. The molecule has 0 saturated carbocycles. The number of likely N-dealkylation sites (N-methyl/N-ethyl adjacent to an activating group) is 1. The fraction of sp³-hybridized carbons (Fsp3) is 0.417. The first-order valence-corrected chi connectivity index (χ1v) is 10.4. The summed E-state index contributed by atoms with van der Waals surface area (Å²) in [5, 5.41) is 2.95. The van der Waals surface area contributed by atoms with Crippen LogP contribution in [0.3, 0.4) is 0 Å². The SMILES string of the molecule is CCCN(CC(=O)Nc1ccccc1C)CC(=O)N(C)Cc1ccc(N(C)C)cc1. The number of para-hydroxylation sites is 1. The van der Waals surface area contributed by atoms with Crippen molar-refractivity contribution in [2.24, 2.45) is 0 Å². The van der Waals surface area contributed by atoms with Gasteiger partial charge in [0.1, 0.15) is 0 Å². The van der Waals surface area contributed by atoms with Gasteiger partial charge in [0.25, 0.3) is 0 Å². The van der Waals surface area contributed by atoms with Crippen LogP contribution >= 0.6 is 0 Å². The highest BCUT2D eigenvalue weighted by atomic mass is 16.2. The van der Waals surface area contributed by atoms with Crippen molar-refractivity contribution >= 4 is 23.2 Å². The van der Waals surface area contributed by atoms with Crippen LogP contribution in [-0.2, 0) is 16.1 Å². The van der Waals surface area contributed by atoms with Crippen molar-refractivity contribution < 1.29 is 9.59 Å². The minimum atomic E-state index is -0.104. The Labute approximate surface area is 180 Å². The average Bonchev–Trinajstić information content (AvgIpc) is 2.70. The van der Waals surface area contributed by atoms with E-state index in [0.717, 1.165) is 28.9 Å². The summed E-state index contributed by atoms with van der Waals surface area (Å²) in [7, 11) is 5.81. The monoisotopic (exact) mass is 410 g/mol. The van der Waals surface area contributed by atoms with Crippen LogP contribution < -0.4 is 10.2 Å². The zero-order valence-corrected chi connectivity index (χ0v) is 18.8. The molecule has 1 N–H and O–H groups in total. The fourth-order valence-corrected chi connectivity index (χ4v) is 3.21. The van der Waals surface area contributed by atoms with Gasteiger partial charge < -0.3 is 15.1 Å². The van der Waals surface area contributed by atoms with E-state index >= 15 is 0 Å². The number of hydrogen-bond donors (Lipinski definition) is 1. The van der Waals surface area contributed by atoms with Crippen LogP contribution in [0.2, 0.25) is 0 Å². The highest BCUT2D eigenvalue weighted by molar-refractivity contribution is 5.93. The minimum absolute atomic E-state index is 0.00354. The maximum absolute atomic E-state index is 12.7. The fourth-order valence-electron chi connectivity index (χ4n) is 3.21. The van der Waals surface area contributed by atoms with E-state index in [4.69, 9.17) is 0 Å². The third kappa shape index (κ3) is 7.19. The average molecular weight is 411 g/mol. The predicted octanol–water partition coefficient (Wildman–Crippen LogP) is 3.37. The number of hydrogen-bond acceptors (Lipinski definition) is 4. The minimum Gasteiger partial charge on any atom is -0.378 e. The van der Waals surface area contributed by atoms with Crippen molar-refractivity contribution in [1.82, 2.24) is 9.80 Å². The molecule has 2 rings (SSSR count). The van der Waals surface area contributed by atoms with Gasteiger partial charge in [0, 0.05) is 39.1 Å². The Morgan fingerprint density at radius 3 is 2.20 bits per heavy atom. The zero-order valence-electron chi connectivity index (χ0n) is 18.8. The summed E-state index contributed by atoms with van der Waals surface area (Å²) in [5.74, 6) is -0.101. The predicted molar refractivity (Wildman–Crippen MR) is 124 cm³/mol. The van der Waals surface area contributed by atoms with E-state index in [-0.39, 0.29) is 24.9 Å². The Kier molecular flexibility index (Phi) is 8.87. The van der Waals surface area contributed by atoms with Crippen molar-refractivity contribution in [3.8, 4) is 0 Å². The number of nitrogens with zero attached hydrogens (tertiary/aromatic N) is 3. The summed E-state index contributed by atoms with van der Waals surface area (Å²) in [6.07, 6.45) is 0.876.